The lowest BCUT2D eigenvalue weighted by molar-refractivity contribution is -0.133. The molecule has 0 aromatic carbocycles. The van der Waals surface area contributed by atoms with Gasteiger partial charge in [-0.1, -0.05) is 11.8 Å². The zero-order chi connectivity index (χ0) is 10.0. The zero-order valence-electron chi connectivity index (χ0n) is 6.94. The summed E-state index contributed by atoms with van der Waals surface area (Å²) in [6.07, 6.45) is 0. The predicted molar refractivity (Wildman–Crippen MR) is 46.5 cm³/mol. The summed E-state index contributed by atoms with van der Waals surface area (Å²) >= 11 is 0.886. The Morgan fingerprint density at radius 2 is 2.31 bits per heavy atom. The molecule has 1 saturated heterocycles. The van der Waals surface area contributed by atoms with Gasteiger partial charge < -0.3 is 0 Å². The Balaban J connectivity index is 2.75. The maximum atomic E-state index is 11.1. The number of rotatable bonds is 2. The smallest absolute Gasteiger partial charge is 0.289 e. The van der Waals surface area contributed by atoms with Gasteiger partial charge in [0.1, 0.15) is 6.04 Å². The molecule has 3 N–H and O–H groups in total. The minimum Gasteiger partial charge on any atom is -0.292 e. The van der Waals surface area contributed by atoms with Crippen molar-refractivity contribution in [2.45, 2.75) is 13.0 Å². The molecule has 1 heterocycles. The number of nitrogens with zero attached hydrogens (tertiary/aromatic N) is 1. The Hall–Kier alpha value is -1.08. The van der Waals surface area contributed by atoms with Gasteiger partial charge in [0.2, 0.25) is 5.91 Å². The maximum absolute atomic E-state index is 11.1. The fourth-order valence-electron chi connectivity index (χ4n) is 0.976. The van der Waals surface area contributed by atoms with E-state index in [1.807, 2.05) is 5.43 Å². The van der Waals surface area contributed by atoms with Crippen molar-refractivity contribution in [3.05, 3.63) is 0 Å². The fraction of sp³-hybridized carbons (Fsp3) is 0.500. The lowest BCUT2D eigenvalue weighted by atomic mass is 10.3. The molecule has 72 valence electrons. The van der Waals surface area contributed by atoms with E-state index in [0.717, 1.165) is 16.7 Å². The Labute approximate surface area is 78.8 Å². The molecule has 7 heteroatoms. The molecule has 1 aliphatic heterocycles. The summed E-state index contributed by atoms with van der Waals surface area (Å²) in [5.74, 6) is 4.07. The Morgan fingerprint density at radius 1 is 1.69 bits per heavy atom. The molecule has 0 aromatic heterocycles. The second kappa shape index (κ2) is 3.75. The lowest BCUT2D eigenvalue weighted by Gasteiger charge is -2.19. The Morgan fingerprint density at radius 3 is 2.69 bits per heavy atom. The molecule has 1 fully saturated rings. The van der Waals surface area contributed by atoms with Crippen molar-refractivity contribution in [1.82, 2.24) is 10.3 Å². The highest BCUT2D eigenvalue weighted by Gasteiger charge is 2.36. The largest absolute Gasteiger partial charge is 0.292 e. The summed E-state index contributed by atoms with van der Waals surface area (Å²) in [6, 6.07) is -0.833. The number of nitrogens with two attached hydrogens (primary N) is 1. The second-order valence-corrected chi connectivity index (χ2v) is 3.43. The van der Waals surface area contributed by atoms with Gasteiger partial charge in [0, 0.05) is 0 Å². The van der Waals surface area contributed by atoms with E-state index in [9.17, 15) is 14.4 Å². The van der Waals surface area contributed by atoms with Crippen LogP contribution in [0.3, 0.4) is 0 Å². The molecule has 1 unspecified atom stereocenters. The Kier molecular flexibility index (Phi) is 2.89. The van der Waals surface area contributed by atoms with Gasteiger partial charge in [0.05, 0.1) is 5.75 Å². The molecule has 1 rings (SSSR count). The average Bonchev–Trinajstić information content (AvgIpc) is 2.44. The van der Waals surface area contributed by atoms with Gasteiger partial charge in [-0.05, 0) is 6.92 Å². The van der Waals surface area contributed by atoms with Crippen LogP contribution in [0.5, 0.6) is 0 Å². The number of carbonyl (C=O) groups is 3. The SMILES string of the molecule is CC(C(=O)NN)N1C(=O)CSC1=O. The third-order valence-electron chi connectivity index (χ3n) is 1.69. The second-order valence-electron chi connectivity index (χ2n) is 2.50. The number of hydrogen-bond acceptors (Lipinski definition) is 5. The number of hydrazine groups is 1. The average molecular weight is 203 g/mol. The number of amides is 3. The molecular weight excluding hydrogens is 194 g/mol. The fourth-order valence-corrected chi connectivity index (χ4v) is 1.76. The molecule has 0 radical (unpaired) electrons. The first-order chi connectivity index (χ1) is 6.07. The van der Waals surface area contributed by atoms with E-state index in [4.69, 9.17) is 5.84 Å². The van der Waals surface area contributed by atoms with Gasteiger partial charge in [-0.2, -0.15) is 0 Å². The van der Waals surface area contributed by atoms with Crippen LogP contribution < -0.4 is 11.3 Å². The zero-order valence-corrected chi connectivity index (χ0v) is 7.76. The molecule has 0 saturated carbocycles. The van der Waals surface area contributed by atoms with Gasteiger partial charge in [-0.25, -0.2) is 5.84 Å². The van der Waals surface area contributed by atoms with Crippen molar-refractivity contribution in [1.29, 1.82) is 0 Å². The number of carbonyl (C=O) groups excluding carboxylic acids is 3. The van der Waals surface area contributed by atoms with Gasteiger partial charge in [-0.15, -0.1) is 0 Å². The first kappa shape index (κ1) is 10.0. The van der Waals surface area contributed by atoms with Crippen LogP contribution in [0.4, 0.5) is 4.79 Å². The quantitative estimate of drug-likeness (QED) is 0.343. The van der Waals surface area contributed by atoms with E-state index >= 15 is 0 Å². The number of thioether (sulfide) groups is 1. The van der Waals surface area contributed by atoms with Crippen molar-refractivity contribution in [2.24, 2.45) is 5.84 Å². The summed E-state index contributed by atoms with van der Waals surface area (Å²) in [5, 5.41) is -0.402. The van der Waals surface area contributed by atoms with Crippen LogP contribution in [0, 0.1) is 0 Å². The minimum absolute atomic E-state index is 0.0982. The summed E-state index contributed by atoms with van der Waals surface area (Å²) < 4.78 is 0. The summed E-state index contributed by atoms with van der Waals surface area (Å²) in [6.45, 7) is 1.45. The normalized spacial score (nSPS) is 19.1. The van der Waals surface area contributed by atoms with Gasteiger partial charge >= 0.3 is 0 Å². The predicted octanol–water partition coefficient (Wildman–Crippen LogP) is -0.940. The first-order valence-corrected chi connectivity index (χ1v) is 4.55. The number of nitrogens with one attached hydrogen (secondary N) is 1. The summed E-state index contributed by atoms with van der Waals surface area (Å²) in [5.41, 5.74) is 1.89. The van der Waals surface area contributed by atoms with Crippen molar-refractivity contribution in [3.63, 3.8) is 0 Å². The van der Waals surface area contributed by atoms with Crippen molar-refractivity contribution in [3.8, 4) is 0 Å². The number of hydrogen-bond donors (Lipinski definition) is 2. The van der Waals surface area contributed by atoms with Crippen LogP contribution in [0.1, 0.15) is 6.92 Å². The molecule has 0 spiro atoms. The molecule has 0 aliphatic carbocycles. The van der Waals surface area contributed by atoms with Crippen LogP contribution in [-0.4, -0.2) is 33.7 Å². The van der Waals surface area contributed by atoms with Crippen LogP contribution in [-0.2, 0) is 9.59 Å². The maximum Gasteiger partial charge on any atom is 0.289 e. The van der Waals surface area contributed by atoms with E-state index < -0.39 is 17.2 Å². The van der Waals surface area contributed by atoms with E-state index in [1.54, 1.807) is 0 Å². The summed E-state index contributed by atoms with van der Waals surface area (Å²) in [7, 11) is 0. The lowest BCUT2D eigenvalue weighted by Crippen LogP contribution is -2.49. The molecule has 0 bridgehead atoms. The van der Waals surface area contributed by atoms with E-state index in [0.29, 0.717) is 0 Å². The monoisotopic (exact) mass is 203 g/mol. The number of imide groups is 1. The van der Waals surface area contributed by atoms with Gasteiger partial charge in [-0.3, -0.25) is 24.7 Å². The van der Waals surface area contributed by atoms with Crippen molar-refractivity contribution < 1.29 is 14.4 Å². The van der Waals surface area contributed by atoms with E-state index in [-0.39, 0.29) is 11.7 Å². The standard InChI is InChI=1S/C6H9N3O3S/c1-3(5(11)8-7)9-4(10)2-13-6(9)12/h3H,2,7H2,1H3,(H,8,11). The van der Waals surface area contributed by atoms with Crippen molar-refractivity contribution in [2.75, 3.05) is 5.75 Å². The van der Waals surface area contributed by atoms with Crippen LogP contribution in [0.15, 0.2) is 0 Å². The minimum atomic E-state index is -0.833. The van der Waals surface area contributed by atoms with E-state index in [2.05, 4.69) is 0 Å². The molecule has 13 heavy (non-hydrogen) atoms. The van der Waals surface area contributed by atoms with Crippen LogP contribution >= 0.6 is 11.8 Å². The van der Waals surface area contributed by atoms with E-state index in [1.165, 1.54) is 6.92 Å². The molecule has 0 aromatic rings. The van der Waals surface area contributed by atoms with Crippen LogP contribution in [0.2, 0.25) is 0 Å². The third-order valence-corrected chi connectivity index (χ3v) is 2.53. The molecule has 1 aliphatic rings. The highest BCUT2D eigenvalue weighted by Crippen LogP contribution is 2.21. The molecule has 1 atom stereocenters. The molecular formula is C6H9N3O3S. The highest BCUT2D eigenvalue weighted by atomic mass is 32.2. The summed E-state index contributed by atoms with van der Waals surface area (Å²) in [4.78, 5) is 34.1. The third kappa shape index (κ3) is 1.81. The Bertz CT molecular complexity index is 252. The van der Waals surface area contributed by atoms with Gasteiger partial charge in [0.25, 0.3) is 11.1 Å². The van der Waals surface area contributed by atoms with Gasteiger partial charge in [0.15, 0.2) is 0 Å². The molecule has 6 nitrogen and oxygen atoms in total. The van der Waals surface area contributed by atoms with Crippen LogP contribution in [0.25, 0.3) is 0 Å². The van der Waals surface area contributed by atoms with Crippen molar-refractivity contribution >= 4 is 28.8 Å². The topological polar surface area (TPSA) is 92.5 Å². The molecule has 3 amide bonds. The highest BCUT2D eigenvalue weighted by molar-refractivity contribution is 8.14. The first-order valence-electron chi connectivity index (χ1n) is 3.57.